The number of sulfonamides is 1. The van der Waals surface area contributed by atoms with Gasteiger partial charge in [0.1, 0.15) is 15.9 Å². The van der Waals surface area contributed by atoms with Crippen molar-refractivity contribution in [1.29, 1.82) is 0 Å². The first-order valence-corrected chi connectivity index (χ1v) is 8.27. The fourth-order valence-electron chi connectivity index (χ4n) is 2.25. The molecule has 0 atom stereocenters. The zero-order valence-corrected chi connectivity index (χ0v) is 13.0. The van der Waals surface area contributed by atoms with E-state index in [1.165, 1.54) is 4.31 Å². The highest BCUT2D eigenvalue weighted by atomic mass is 32.2. The van der Waals surface area contributed by atoms with Gasteiger partial charge in [0.2, 0.25) is 10.0 Å². The highest BCUT2D eigenvalue weighted by Crippen LogP contribution is 2.26. The molecule has 0 saturated heterocycles. The molecule has 0 spiro atoms. The van der Waals surface area contributed by atoms with Crippen molar-refractivity contribution in [2.75, 3.05) is 0 Å². The molecule has 0 bridgehead atoms. The predicted octanol–water partition coefficient (Wildman–Crippen LogP) is 2.50. The lowest BCUT2D eigenvalue weighted by Gasteiger charge is -2.29. The van der Waals surface area contributed by atoms with E-state index in [4.69, 9.17) is 0 Å². The number of fused-ring (bicyclic) bond motifs is 1. The van der Waals surface area contributed by atoms with Crippen LogP contribution in [0.25, 0.3) is 11.0 Å². The Kier molecular flexibility index (Phi) is 3.89. The Morgan fingerprint density at radius 3 is 2.32 bits per heavy atom. The van der Waals surface area contributed by atoms with Crippen LogP contribution in [0.1, 0.15) is 27.7 Å². The predicted molar refractivity (Wildman–Crippen MR) is 76.7 cm³/mol. The molecule has 0 unspecified atom stereocenters. The summed E-state index contributed by atoms with van der Waals surface area (Å²) >= 11 is 1.03. The van der Waals surface area contributed by atoms with Gasteiger partial charge in [-0.15, -0.1) is 0 Å². The third kappa shape index (κ3) is 2.50. The molecule has 2 aromatic rings. The quantitative estimate of drug-likeness (QED) is 0.870. The third-order valence-electron chi connectivity index (χ3n) is 2.82. The molecule has 0 aliphatic heterocycles. The van der Waals surface area contributed by atoms with Gasteiger partial charge in [-0.2, -0.15) is 13.1 Å². The van der Waals surface area contributed by atoms with Crippen molar-refractivity contribution >= 4 is 32.8 Å². The maximum absolute atomic E-state index is 12.8. The molecule has 0 fully saturated rings. The largest absolute Gasteiger partial charge is 0.245 e. The van der Waals surface area contributed by atoms with Crippen molar-refractivity contribution in [3.63, 3.8) is 0 Å². The van der Waals surface area contributed by atoms with E-state index in [1.54, 1.807) is 18.2 Å². The molecule has 2 rings (SSSR count). The van der Waals surface area contributed by atoms with Crippen molar-refractivity contribution in [2.24, 2.45) is 0 Å². The van der Waals surface area contributed by atoms with Crippen molar-refractivity contribution in [1.82, 2.24) is 13.1 Å². The van der Waals surface area contributed by atoms with E-state index in [2.05, 4.69) is 8.75 Å². The topological polar surface area (TPSA) is 63.2 Å². The van der Waals surface area contributed by atoms with E-state index in [-0.39, 0.29) is 17.0 Å². The van der Waals surface area contributed by atoms with Gasteiger partial charge in [0, 0.05) is 12.1 Å². The lowest BCUT2D eigenvalue weighted by atomic mass is 10.3. The summed E-state index contributed by atoms with van der Waals surface area (Å²) in [6, 6.07) is 4.86. The lowest BCUT2D eigenvalue weighted by molar-refractivity contribution is 0.302. The van der Waals surface area contributed by atoms with Gasteiger partial charge in [-0.05, 0) is 39.8 Å². The molecular weight excluding hydrogens is 282 g/mol. The lowest BCUT2D eigenvalue weighted by Crippen LogP contribution is -2.42. The molecule has 1 aromatic carbocycles. The number of hydrogen-bond donors (Lipinski definition) is 0. The Hall–Kier alpha value is -1.05. The molecule has 0 N–H and O–H groups in total. The summed E-state index contributed by atoms with van der Waals surface area (Å²) in [5.74, 6) is 0. The third-order valence-corrected chi connectivity index (χ3v) is 5.65. The summed E-state index contributed by atoms with van der Waals surface area (Å²) in [5.41, 5.74) is 1.08. The molecule has 104 valence electrons. The van der Waals surface area contributed by atoms with Crippen LogP contribution in [0.3, 0.4) is 0 Å². The second-order valence-corrected chi connectivity index (χ2v) is 7.25. The van der Waals surface area contributed by atoms with Gasteiger partial charge in [-0.1, -0.05) is 6.07 Å². The Morgan fingerprint density at radius 1 is 1.11 bits per heavy atom. The van der Waals surface area contributed by atoms with Crippen LogP contribution >= 0.6 is 11.7 Å². The van der Waals surface area contributed by atoms with Crippen LogP contribution in [0, 0.1) is 0 Å². The van der Waals surface area contributed by atoms with E-state index < -0.39 is 10.0 Å². The Bertz CT molecular complexity index is 669. The van der Waals surface area contributed by atoms with E-state index in [9.17, 15) is 8.42 Å². The fraction of sp³-hybridized carbons (Fsp3) is 0.500. The van der Waals surface area contributed by atoms with Crippen LogP contribution in [-0.4, -0.2) is 33.6 Å². The van der Waals surface area contributed by atoms with Crippen LogP contribution in [0.4, 0.5) is 0 Å². The minimum atomic E-state index is -3.56. The Morgan fingerprint density at radius 2 is 1.74 bits per heavy atom. The molecule has 5 nitrogen and oxygen atoms in total. The first-order chi connectivity index (χ1) is 8.85. The average molecular weight is 299 g/mol. The van der Waals surface area contributed by atoms with Gasteiger partial charge in [-0.25, -0.2) is 8.42 Å². The maximum atomic E-state index is 12.8. The first kappa shape index (κ1) is 14.4. The summed E-state index contributed by atoms with van der Waals surface area (Å²) in [7, 11) is -3.56. The molecule has 1 aromatic heterocycles. The SMILES string of the molecule is CC(C)N(C(C)C)S(=O)(=O)c1cccc2nsnc12. The number of benzene rings is 1. The molecule has 0 aliphatic rings. The van der Waals surface area contributed by atoms with Crippen molar-refractivity contribution < 1.29 is 8.42 Å². The van der Waals surface area contributed by atoms with Gasteiger partial charge < -0.3 is 0 Å². The summed E-state index contributed by atoms with van der Waals surface area (Å²) in [4.78, 5) is 0.237. The monoisotopic (exact) mass is 299 g/mol. The number of nitrogens with zero attached hydrogens (tertiary/aromatic N) is 3. The second-order valence-electron chi connectivity index (χ2n) is 4.91. The van der Waals surface area contributed by atoms with Gasteiger partial charge in [0.05, 0.1) is 11.7 Å². The van der Waals surface area contributed by atoms with Gasteiger partial charge in [0.15, 0.2) is 0 Å². The van der Waals surface area contributed by atoms with Crippen molar-refractivity contribution in [3.8, 4) is 0 Å². The van der Waals surface area contributed by atoms with Crippen LogP contribution in [-0.2, 0) is 10.0 Å². The first-order valence-electron chi connectivity index (χ1n) is 6.10. The van der Waals surface area contributed by atoms with Crippen LogP contribution < -0.4 is 0 Å². The molecule has 0 aliphatic carbocycles. The van der Waals surface area contributed by atoms with E-state index in [0.29, 0.717) is 11.0 Å². The molecule has 19 heavy (non-hydrogen) atoms. The molecule has 0 amide bonds. The number of hydrogen-bond acceptors (Lipinski definition) is 5. The highest BCUT2D eigenvalue weighted by Gasteiger charge is 2.31. The zero-order valence-electron chi connectivity index (χ0n) is 11.4. The summed E-state index contributed by atoms with van der Waals surface area (Å²) < 4.78 is 35.3. The van der Waals surface area contributed by atoms with Gasteiger partial charge in [-0.3, -0.25) is 0 Å². The van der Waals surface area contributed by atoms with Crippen LogP contribution in [0.2, 0.25) is 0 Å². The fourth-order valence-corrected chi connectivity index (χ4v) is 4.84. The molecule has 7 heteroatoms. The molecule has 0 saturated carbocycles. The van der Waals surface area contributed by atoms with Crippen LogP contribution in [0.15, 0.2) is 23.1 Å². The number of aromatic nitrogens is 2. The standard InChI is InChI=1S/C12H17N3O2S2/c1-8(2)15(9(3)4)19(16,17)11-7-5-6-10-12(11)14-18-13-10/h5-9H,1-4H3. The summed E-state index contributed by atoms with van der Waals surface area (Å²) in [5, 5.41) is 0. The minimum Gasteiger partial charge on any atom is -0.207 e. The van der Waals surface area contributed by atoms with Gasteiger partial charge in [0.25, 0.3) is 0 Å². The van der Waals surface area contributed by atoms with Crippen molar-refractivity contribution in [3.05, 3.63) is 18.2 Å². The minimum absolute atomic E-state index is 0.105. The van der Waals surface area contributed by atoms with Gasteiger partial charge >= 0.3 is 0 Å². The Labute approximate surface area is 117 Å². The van der Waals surface area contributed by atoms with E-state index in [0.717, 1.165) is 11.7 Å². The normalized spacial score (nSPS) is 13.0. The molecule has 0 radical (unpaired) electrons. The molecular formula is C12H17N3O2S2. The smallest absolute Gasteiger partial charge is 0.207 e. The van der Waals surface area contributed by atoms with E-state index >= 15 is 0 Å². The maximum Gasteiger partial charge on any atom is 0.245 e. The average Bonchev–Trinajstić information content (AvgIpc) is 2.74. The van der Waals surface area contributed by atoms with Crippen LogP contribution in [0.5, 0.6) is 0 Å². The Balaban J connectivity index is 2.64. The second kappa shape index (κ2) is 5.15. The van der Waals surface area contributed by atoms with E-state index in [1.807, 2.05) is 27.7 Å². The summed E-state index contributed by atoms with van der Waals surface area (Å²) in [6.07, 6.45) is 0. The highest BCUT2D eigenvalue weighted by molar-refractivity contribution is 7.89. The molecule has 1 heterocycles. The zero-order chi connectivity index (χ0) is 14.2. The number of rotatable bonds is 4. The summed E-state index contributed by atoms with van der Waals surface area (Å²) in [6.45, 7) is 7.49. The van der Waals surface area contributed by atoms with Crippen molar-refractivity contribution in [2.45, 2.75) is 44.7 Å².